The summed E-state index contributed by atoms with van der Waals surface area (Å²) >= 11 is 3.32. The Hall–Kier alpha value is -0.830. The summed E-state index contributed by atoms with van der Waals surface area (Å²) < 4.78 is 5.10. The van der Waals surface area contributed by atoms with Crippen molar-refractivity contribution in [3.05, 3.63) is 34.9 Å². The minimum atomic E-state index is -0.260. The Bertz CT molecular complexity index is 359. The molecule has 1 aromatic rings. The van der Waals surface area contributed by atoms with Crippen molar-refractivity contribution in [1.82, 2.24) is 0 Å². The summed E-state index contributed by atoms with van der Waals surface area (Å²) in [5, 5.41) is 0. The maximum atomic E-state index is 11.6. The van der Waals surface area contributed by atoms with Crippen LogP contribution in [0.5, 0.6) is 0 Å². The minimum absolute atomic E-state index is 0.188. The molecule has 0 spiro atoms. The molecule has 2 nitrogen and oxygen atoms in total. The molecule has 0 N–H and O–H groups in total. The van der Waals surface area contributed by atoms with E-state index in [-0.39, 0.29) is 10.8 Å². The number of alkyl halides is 1. The summed E-state index contributed by atoms with van der Waals surface area (Å²) in [6.45, 7) is 6.34. The molecular formula is C12H15BrO2. The van der Waals surface area contributed by atoms with Gasteiger partial charge in [0, 0.05) is 4.83 Å². The second-order valence-corrected chi connectivity index (χ2v) is 5.24. The molecule has 3 heteroatoms. The fourth-order valence-electron chi connectivity index (χ4n) is 1.14. The van der Waals surface area contributed by atoms with Crippen molar-refractivity contribution in [2.24, 2.45) is 0 Å². The van der Waals surface area contributed by atoms with Gasteiger partial charge in [0.25, 0.3) is 0 Å². The van der Waals surface area contributed by atoms with E-state index in [0.29, 0.717) is 12.2 Å². The van der Waals surface area contributed by atoms with Crippen molar-refractivity contribution >= 4 is 21.9 Å². The van der Waals surface area contributed by atoms with Gasteiger partial charge in [-0.2, -0.15) is 0 Å². The van der Waals surface area contributed by atoms with E-state index < -0.39 is 0 Å². The molecule has 0 bridgehead atoms. The van der Waals surface area contributed by atoms with Crippen LogP contribution in [0.25, 0.3) is 0 Å². The fraction of sp³-hybridized carbons (Fsp3) is 0.417. The van der Waals surface area contributed by atoms with Crippen LogP contribution in [-0.2, 0) is 4.74 Å². The molecule has 1 unspecified atom stereocenters. The van der Waals surface area contributed by atoms with Crippen molar-refractivity contribution in [3.8, 4) is 0 Å². The summed E-state index contributed by atoms with van der Waals surface area (Å²) in [5.74, 6) is -0.260. The van der Waals surface area contributed by atoms with Gasteiger partial charge < -0.3 is 4.74 Å². The molecule has 0 aromatic heterocycles. The van der Waals surface area contributed by atoms with Crippen molar-refractivity contribution in [2.75, 3.05) is 6.61 Å². The van der Waals surface area contributed by atoms with E-state index in [1.807, 2.05) is 32.9 Å². The van der Waals surface area contributed by atoms with Gasteiger partial charge in [0.15, 0.2) is 0 Å². The standard InChI is InChI=1S/C12H15BrO2/c1-8-4-5-11(6-9(8)2)12(14)15-7-10(3)13/h4-6,10H,7H2,1-3H3. The zero-order valence-corrected chi connectivity index (χ0v) is 10.8. The molecular weight excluding hydrogens is 256 g/mol. The van der Waals surface area contributed by atoms with E-state index >= 15 is 0 Å². The van der Waals surface area contributed by atoms with E-state index in [1.165, 1.54) is 5.56 Å². The lowest BCUT2D eigenvalue weighted by Gasteiger charge is -2.07. The summed E-state index contributed by atoms with van der Waals surface area (Å²) in [4.78, 5) is 11.8. The molecule has 0 radical (unpaired) electrons. The van der Waals surface area contributed by atoms with Crippen LogP contribution in [0.1, 0.15) is 28.4 Å². The molecule has 0 saturated carbocycles. The predicted octanol–water partition coefficient (Wildman–Crippen LogP) is 3.24. The van der Waals surface area contributed by atoms with Gasteiger partial charge in [-0.1, -0.05) is 22.0 Å². The molecule has 0 aliphatic rings. The Kier molecular flexibility index (Phi) is 4.33. The van der Waals surface area contributed by atoms with Crippen LogP contribution in [-0.4, -0.2) is 17.4 Å². The van der Waals surface area contributed by atoms with Gasteiger partial charge in [0.2, 0.25) is 0 Å². The largest absolute Gasteiger partial charge is 0.461 e. The quantitative estimate of drug-likeness (QED) is 0.623. The molecule has 0 aliphatic carbocycles. The fourth-order valence-corrected chi connectivity index (χ4v) is 1.27. The first kappa shape index (κ1) is 12.2. The number of halogens is 1. The lowest BCUT2D eigenvalue weighted by atomic mass is 10.1. The predicted molar refractivity (Wildman–Crippen MR) is 64.6 cm³/mol. The van der Waals surface area contributed by atoms with Gasteiger partial charge in [-0.15, -0.1) is 0 Å². The molecule has 1 aromatic carbocycles. The van der Waals surface area contributed by atoms with Gasteiger partial charge >= 0.3 is 5.97 Å². The zero-order valence-electron chi connectivity index (χ0n) is 9.21. The first-order valence-electron chi connectivity index (χ1n) is 4.89. The Labute approximate surface area is 98.8 Å². The normalized spacial score (nSPS) is 12.3. The van der Waals surface area contributed by atoms with Crippen LogP contribution in [0, 0.1) is 13.8 Å². The molecule has 1 atom stereocenters. The first-order chi connectivity index (χ1) is 7.00. The number of carbonyl (C=O) groups is 1. The maximum absolute atomic E-state index is 11.6. The average molecular weight is 271 g/mol. The Morgan fingerprint density at radius 1 is 1.40 bits per heavy atom. The number of hydrogen-bond donors (Lipinski definition) is 0. The summed E-state index contributed by atoms with van der Waals surface area (Å²) in [6.07, 6.45) is 0. The number of aryl methyl sites for hydroxylation is 2. The Morgan fingerprint density at radius 3 is 2.60 bits per heavy atom. The van der Waals surface area contributed by atoms with Crippen LogP contribution in [0.15, 0.2) is 18.2 Å². The van der Waals surface area contributed by atoms with Crippen LogP contribution in [0.3, 0.4) is 0 Å². The third-order valence-electron chi connectivity index (χ3n) is 2.19. The van der Waals surface area contributed by atoms with E-state index in [9.17, 15) is 4.79 Å². The molecule has 0 saturated heterocycles. The highest BCUT2D eigenvalue weighted by atomic mass is 79.9. The van der Waals surface area contributed by atoms with Crippen molar-refractivity contribution in [3.63, 3.8) is 0 Å². The average Bonchev–Trinajstić information content (AvgIpc) is 2.18. The Balaban J connectivity index is 2.70. The van der Waals surface area contributed by atoms with E-state index in [1.54, 1.807) is 6.07 Å². The summed E-state index contributed by atoms with van der Waals surface area (Å²) in [7, 11) is 0. The molecule has 15 heavy (non-hydrogen) atoms. The number of ether oxygens (including phenoxy) is 1. The second kappa shape index (κ2) is 5.31. The SMILES string of the molecule is Cc1ccc(C(=O)OCC(C)Br)cc1C. The van der Waals surface area contributed by atoms with Gasteiger partial charge in [-0.3, -0.25) is 0 Å². The van der Waals surface area contributed by atoms with Gasteiger partial charge in [0.1, 0.15) is 6.61 Å². The molecule has 0 amide bonds. The highest BCUT2D eigenvalue weighted by Gasteiger charge is 2.08. The van der Waals surface area contributed by atoms with Gasteiger partial charge in [0.05, 0.1) is 5.56 Å². The molecule has 1 rings (SSSR count). The van der Waals surface area contributed by atoms with Crippen molar-refractivity contribution < 1.29 is 9.53 Å². The zero-order chi connectivity index (χ0) is 11.4. The van der Waals surface area contributed by atoms with Crippen LogP contribution in [0.2, 0.25) is 0 Å². The third kappa shape index (κ3) is 3.67. The minimum Gasteiger partial charge on any atom is -0.461 e. The lowest BCUT2D eigenvalue weighted by Crippen LogP contribution is -2.11. The van der Waals surface area contributed by atoms with Crippen molar-refractivity contribution in [1.29, 1.82) is 0 Å². The number of rotatable bonds is 3. The van der Waals surface area contributed by atoms with Crippen molar-refractivity contribution in [2.45, 2.75) is 25.6 Å². The number of esters is 1. The third-order valence-corrected chi connectivity index (χ3v) is 2.45. The summed E-state index contributed by atoms with van der Waals surface area (Å²) in [5.41, 5.74) is 2.91. The molecule has 82 valence electrons. The van der Waals surface area contributed by atoms with Crippen LogP contribution < -0.4 is 0 Å². The van der Waals surface area contributed by atoms with Crippen LogP contribution >= 0.6 is 15.9 Å². The molecule has 0 fully saturated rings. The van der Waals surface area contributed by atoms with E-state index in [0.717, 1.165) is 5.56 Å². The van der Waals surface area contributed by atoms with Gasteiger partial charge in [-0.05, 0) is 44.0 Å². The number of hydrogen-bond acceptors (Lipinski definition) is 2. The topological polar surface area (TPSA) is 26.3 Å². The molecule has 0 aliphatic heterocycles. The second-order valence-electron chi connectivity index (χ2n) is 3.68. The van der Waals surface area contributed by atoms with E-state index in [4.69, 9.17) is 4.74 Å². The summed E-state index contributed by atoms with van der Waals surface area (Å²) in [6, 6.07) is 5.59. The monoisotopic (exact) mass is 270 g/mol. The smallest absolute Gasteiger partial charge is 0.338 e. The Morgan fingerprint density at radius 2 is 2.07 bits per heavy atom. The highest BCUT2D eigenvalue weighted by molar-refractivity contribution is 9.09. The van der Waals surface area contributed by atoms with Gasteiger partial charge in [-0.25, -0.2) is 4.79 Å². The number of carbonyl (C=O) groups excluding carboxylic acids is 1. The number of benzene rings is 1. The lowest BCUT2D eigenvalue weighted by molar-refractivity contribution is 0.0512. The highest BCUT2D eigenvalue weighted by Crippen LogP contribution is 2.11. The maximum Gasteiger partial charge on any atom is 0.338 e. The van der Waals surface area contributed by atoms with E-state index in [2.05, 4.69) is 15.9 Å². The molecule has 0 heterocycles. The first-order valence-corrected chi connectivity index (χ1v) is 5.80. The van der Waals surface area contributed by atoms with Crippen LogP contribution in [0.4, 0.5) is 0 Å².